The molecule has 28 heavy (non-hydrogen) atoms. The van der Waals surface area contributed by atoms with Crippen molar-refractivity contribution in [2.75, 3.05) is 26.9 Å². The second kappa shape index (κ2) is 7.97. The number of hydrogen-bond donors (Lipinski definition) is 1. The summed E-state index contributed by atoms with van der Waals surface area (Å²) in [6.45, 7) is 6.89. The lowest BCUT2D eigenvalue weighted by atomic mass is 10.2. The molecule has 2 aromatic heterocycles. The Kier molecular flexibility index (Phi) is 5.42. The molecule has 6 nitrogen and oxygen atoms in total. The van der Waals surface area contributed by atoms with Crippen LogP contribution in [0.3, 0.4) is 0 Å². The molecule has 3 aromatic rings. The Hall–Kier alpha value is -2.31. The third kappa shape index (κ3) is 3.31. The maximum Gasteiger partial charge on any atom is 0.268 e. The largest absolute Gasteiger partial charge is 0.383 e. The Morgan fingerprint density at radius 3 is 2.86 bits per heavy atom. The van der Waals surface area contributed by atoms with E-state index in [1.54, 1.807) is 7.11 Å². The van der Waals surface area contributed by atoms with E-state index in [-0.39, 0.29) is 12.0 Å². The van der Waals surface area contributed by atoms with E-state index in [0.29, 0.717) is 31.4 Å². The van der Waals surface area contributed by atoms with E-state index in [9.17, 15) is 4.79 Å². The molecule has 0 saturated carbocycles. The molecule has 0 bridgehead atoms. The molecule has 1 atom stereocenters. The number of nitrogens with one attached hydrogen (secondary N) is 1. The first-order valence-corrected chi connectivity index (χ1v) is 10.1. The van der Waals surface area contributed by atoms with E-state index in [1.165, 1.54) is 10.9 Å². The number of nitrogens with zero attached hydrogens (tertiary/aromatic N) is 2. The topological polar surface area (TPSA) is 57.4 Å². The van der Waals surface area contributed by atoms with Crippen molar-refractivity contribution in [1.82, 2.24) is 14.5 Å². The van der Waals surface area contributed by atoms with Gasteiger partial charge < -0.3 is 23.9 Å². The molecule has 1 amide bonds. The summed E-state index contributed by atoms with van der Waals surface area (Å²) >= 11 is 0. The summed E-state index contributed by atoms with van der Waals surface area (Å²) in [5.74, 6) is -0.0535. The van der Waals surface area contributed by atoms with Gasteiger partial charge in [0, 0.05) is 38.2 Å². The molecule has 1 aliphatic heterocycles. The lowest BCUT2D eigenvalue weighted by Crippen LogP contribution is -2.33. The molecule has 6 heteroatoms. The van der Waals surface area contributed by atoms with Crippen LogP contribution in [0.5, 0.6) is 0 Å². The second-order valence-electron chi connectivity index (χ2n) is 7.73. The number of fused-ring (bicyclic) bond motifs is 3. The van der Waals surface area contributed by atoms with E-state index in [0.717, 1.165) is 30.5 Å². The molecule has 3 heterocycles. The highest BCUT2D eigenvalue weighted by atomic mass is 16.5. The number of benzene rings is 1. The first-order chi connectivity index (χ1) is 13.6. The van der Waals surface area contributed by atoms with Crippen molar-refractivity contribution in [3.8, 4) is 0 Å². The fourth-order valence-electron chi connectivity index (χ4n) is 4.28. The van der Waals surface area contributed by atoms with E-state index < -0.39 is 0 Å². The van der Waals surface area contributed by atoms with Gasteiger partial charge in [-0.05, 0) is 38.8 Å². The highest BCUT2D eigenvalue weighted by Gasteiger charge is 2.23. The van der Waals surface area contributed by atoms with Gasteiger partial charge in [0.2, 0.25) is 0 Å². The fraction of sp³-hybridized carbons (Fsp3) is 0.500. The minimum Gasteiger partial charge on any atom is -0.383 e. The number of carbonyl (C=O) groups is 1. The van der Waals surface area contributed by atoms with Crippen molar-refractivity contribution >= 4 is 27.8 Å². The van der Waals surface area contributed by atoms with Gasteiger partial charge in [0.15, 0.2) is 0 Å². The highest BCUT2D eigenvalue weighted by Crippen LogP contribution is 2.34. The van der Waals surface area contributed by atoms with Gasteiger partial charge in [-0.25, -0.2) is 0 Å². The van der Waals surface area contributed by atoms with Crippen LogP contribution < -0.4 is 5.32 Å². The summed E-state index contributed by atoms with van der Waals surface area (Å²) in [6, 6.07) is 10.7. The van der Waals surface area contributed by atoms with Crippen LogP contribution in [0.1, 0.15) is 43.2 Å². The summed E-state index contributed by atoms with van der Waals surface area (Å²) in [7, 11) is 1.69. The maximum absolute atomic E-state index is 13.0. The molecule has 1 saturated heterocycles. The van der Waals surface area contributed by atoms with Crippen LogP contribution in [0.4, 0.5) is 0 Å². The first kappa shape index (κ1) is 19.0. The van der Waals surface area contributed by atoms with Crippen molar-refractivity contribution in [3.63, 3.8) is 0 Å². The standard InChI is InChI=1S/C22H29N3O3/c1-15(2)25-18-9-5-4-8-17(18)21-19(25)13-20(24(21)10-12-27-3)22(26)23-14-16-7-6-11-28-16/h4-5,8-9,13,15-16H,6-7,10-12,14H2,1-3H3,(H,23,26)/t16-/m0/s1. The van der Waals surface area contributed by atoms with Crippen LogP contribution in [0, 0.1) is 0 Å². The molecule has 4 rings (SSSR count). The van der Waals surface area contributed by atoms with Gasteiger partial charge in [0.25, 0.3) is 5.91 Å². The number of amides is 1. The molecule has 1 aromatic carbocycles. The zero-order valence-corrected chi connectivity index (χ0v) is 16.9. The van der Waals surface area contributed by atoms with Crippen molar-refractivity contribution in [2.24, 2.45) is 0 Å². The average Bonchev–Trinajstić information content (AvgIpc) is 3.39. The van der Waals surface area contributed by atoms with Crippen LogP contribution in [-0.4, -0.2) is 48.0 Å². The quantitative estimate of drug-likeness (QED) is 0.676. The van der Waals surface area contributed by atoms with Gasteiger partial charge in [0.05, 0.1) is 29.3 Å². The summed E-state index contributed by atoms with van der Waals surface area (Å²) in [4.78, 5) is 13.0. The number of hydrogen-bond acceptors (Lipinski definition) is 3. The van der Waals surface area contributed by atoms with Gasteiger partial charge >= 0.3 is 0 Å². The number of carbonyl (C=O) groups excluding carboxylic acids is 1. The number of ether oxygens (including phenoxy) is 2. The summed E-state index contributed by atoms with van der Waals surface area (Å²) in [5, 5.41) is 4.24. The van der Waals surface area contributed by atoms with E-state index >= 15 is 0 Å². The molecule has 1 fully saturated rings. The normalized spacial score (nSPS) is 17.2. The zero-order valence-electron chi connectivity index (χ0n) is 16.9. The van der Waals surface area contributed by atoms with Gasteiger partial charge in [0.1, 0.15) is 5.69 Å². The fourth-order valence-corrected chi connectivity index (χ4v) is 4.28. The summed E-state index contributed by atoms with van der Waals surface area (Å²) in [5.41, 5.74) is 4.07. The predicted molar refractivity (Wildman–Crippen MR) is 111 cm³/mol. The summed E-state index contributed by atoms with van der Waals surface area (Å²) in [6.07, 6.45) is 2.21. The van der Waals surface area contributed by atoms with Crippen LogP contribution >= 0.6 is 0 Å². The molecule has 0 unspecified atom stereocenters. The van der Waals surface area contributed by atoms with Gasteiger partial charge in [-0.2, -0.15) is 0 Å². The van der Waals surface area contributed by atoms with Crippen molar-refractivity contribution in [2.45, 2.75) is 45.4 Å². The zero-order chi connectivity index (χ0) is 19.7. The van der Waals surface area contributed by atoms with Crippen LogP contribution in [0.15, 0.2) is 30.3 Å². The molecule has 1 aliphatic rings. The van der Waals surface area contributed by atoms with Crippen LogP contribution in [0.25, 0.3) is 21.9 Å². The smallest absolute Gasteiger partial charge is 0.268 e. The Balaban J connectivity index is 1.79. The molecule has 0 radical (unpaired) electrons. The maximum atomic E-state index is 13.0. The van der Waals surface area contributed by atoms with Gasteiger partial charge in [-0.15, -0.1) is 0 Å². The first-order valence-electron chi connectivity index (χ1n) is 10.1. The molecule has 150 valence electrons. The third-order valence-electron chi connectivity index (χ3n) is 5.54. The van der Waals surface area contributed by atoms with E-state index in [1.807, 2.05) is 6.07 Å². The third-order valence-corrected chi connectivity index (χ3v) is 5.54. The minimum atomic E-state index is -0.0535. The van der Waals surface area contributed by atoms with E-state index in [2.05, 4.69) is 52.6 Å². The summed E-state index contributed by atoms with van der Waals surface area (Å²) < 4.78 is 15.4. The molecular weight excluding hydrogens is 354 g/mol. The average molecular weight is 383 g/mol. The van der Waals surface area contributed by atoms with E-state index in [4.69, 9.17) is 9.47 Å². The van der Waals surface area contributed by atoms with Gasteiger partial charge in [-0.3, -0.25) is 4.79 Å². The highest BCUT2D eigenvalue weighted by molar-refractivity contribution is 6.10. The molecular formula is C22H29N3O3. The molecule has 0 aliphatic carbocycles. The monoisotopic (exact) mass is 383 g/mol. The van der Waals surface area contributed by atoms with Crippen molar-refractivity contribution in [3.05, 3.63) is 36.0 Å². The van der Waals surface area contributed by atoms with Gasteiger partial charge in [-0.1, -0.05) is 18.2 Å². The lowest BCUT2D eigenvalue weighted by molar-refractivity contribution is 0.0848. The Morgan fingerprint density at radius 2 is 2.14 bits per heavy atom. The Bertz CT molecular complexity index is 980. The predicted octanol–water partition coefficient (Wildman–Crippen LogP) is 3.73. The minimum absolute atomic E-state index is 0.0535. The number of rotatable bonds is 7. The van der Waals surface area contributed by atoms with Crippen molar-refractivity contribution < 1.29 is 14.3 Å². The SMILES string of the molecule is COCCn1c(C(=O)NC[C@@H]2CCCO2)cc2c1c1ccccc1n2C(C)C. The van der Waals surface area contributed by atoms with Crippen molar-refractivity contribution in [1.29, 1.82) is 0 Å². The van der Waals surface area contributed by atoms with Crippen LogP contribution in [-0.2, 0) is 16.0 Å². The Labute approximate surface area is 165 Å². The second-order valence-corrected chi connectivity index (χ2v) is 7.73. The Morgan fingerprint density at radius 1 is 1.32 bits per heavy atom. The molecule has 1 N–H and O–H groups in total. The molecule has 0 spiro atoms. The number of aromatic nitrogens is 2. The lowest BCUT2D eigenvalue weighted by Gasteiger charge is -2.13. The van der Waals surface area contributed by atoms with Crippen LogP contribution in [0.2, 0.25) is 0 Å². The number of para-hydroxylation sites is 1. The number of methoxy groups -OCH3 is 1.